The van der Waals surface area contributed by atoms with E-state index in [4.69, 9.17) is 15.9 Å². The molecule has 0 fully saturated rings. The molecule has 1 aromatic rings. The van der Waals surface area contributed by atoms with Crippen molar-refractivity contribution in [3.8, 4) is 0 Å². The van der Waals surface area contributed by atoms with Gasteiger partial charge in [0.25, 0.3) is 0 Å². The Bertz CT molecular complexity index is 786. The zero-order valence-corrected chi connectivity index (χ0v) is 17.6. The molecule has 0 spiro atoms. The first kappa shape index (κ1) is 25.9. The van der Waals surface area contributed by atoms with Crippen LogP contribution in [0.1, 0.15) is 25.5 Å². The molecule has 4 atom stereocenters. The molecular weight excluding hydrogens is 432 g/mol. The van der Waals surface area contributed by atoms with Crippen LogP contribution in [0, 0.1) is 0 Å². The number of hydrogen-bond acceptors (Lipinski definition) is 8. The maximum Gasteiger partial charge on any atom is 0.327 e. The van der Waals surface area contributed by atoms with Crippen LogP contribution in [0.15, 0.2) is 12.5 Å². The summed E-state index contributed by atoms with van der Waals surface area (Å²) in [5.74, 6) is -4.98. The highest BCUT2D eigenvalue weighted by atomic mass is 32.1. The summed E-state index contributed by atoms with van der Waals surface area (Å²) in [6, 6.07) is -4.76. The average molecular weight is 458 g/mol. The smallest absolute Gasteiger partial charge is 0.327 e. The lowest BCUT2D eigenvalue weighted by Gasteiger charge is -2.24. The highest BCUT2D eigenvalue weighted by molar-refractivity contribution is 7.80. The van der Waals surface area contributed by atoms with Gasteiger partial charge in [-0.25, -0.2) is 9.78 Å². The fourth-order valence-electron chi connectivity index (χ4n) is 2.40. The normalized spacial score (nSPS) is 14.5. The van der Waals surface area contributed by atoms with Gasteiger partial charge in [0.15, 0.2) is 0 Å². The Morgan fingerprint density at radius 2 is 1.65 bits per heavy atom. The van der Waals surface area contributed by atoms with Gasteiger partial charge in [-0.15, -0.1) is 0 Å². The van der Waals surface area contributed by atoms with E-state index in [9.17, 15) is 24.0 Å². The molecule has 1 aromatic heterocycles. The topological polar surface area (TPSA) is 217 Å². The van der Waals surface area contributed by atoms with E-state index in [1.54, 1.807) is 0 Å². The quantitative estimate of drug-likeness (QED) is 0.148. The monoisotopic (exact) mass is 458 g/mol. The summed E-state index contributed by atoms with van der Waals surface area (Å²) < 4.78 is 0. The number of thiol groups is 1. The second-order valence-corrected chi connectivity index (χ2v) is 7.07. The molecule has 0 bridgehead atoms. The number of carbonyl (C=O) groups is 5. The van der Waals surface area contributed by atoms with Crippen LogP contribution in [0.2, 0.25) is 0 Å². The van der Waals surface area contributed by atoms with Crippen molar-refractivity contribution in [2.75, 3.05) is 5.75 Å². The second-order valence-electron chi connectivity index (χ2n) is 6.71. The first-order chi connectivity index (χ1) is 14.5. The Morgan fingerprint density at radius 1 is 1.06 bits per heavy atom. The van der Waals surface area contributed by atoms with Crippen LogP contribution in [-0.4, -0.2) is 79.8 Å². The Kier molecular flexibility index (Phi) is 10.5. The molecule has 0 radical (unpaired) electrons. The highest BCUT2D eigenvalue weighted by Crippen LogP contribution is 2.04. The van der Waals surface area contributed by atoms with Crippen LogP contribution >= 0.6 is 12.6 Å². The van der Waals surface area contributed by atoms with E-state index in [1.807, 2.05) is 0 Å². The maximum atomic E-state index is 12.7. The minimum atomic E-state index is -1.31. The molecule has 0 saturated heterocycles. The van der Waals surface area contributed by atoms with E-state index in [2.05, 4.69) is 38.5 Å². The molecule has 0 aliphatic heterocycles. The number of carbonyl (C=O) groups excluding carboxylic acids is 3. The summed E-state index contributed by atoms with van der Waals surface area (Å²) in [4.78, 5) is 66.0. The predicted octanol–water partition coefficient (Wildman–Crippen LogP) is -2.37. The summed E-state index contributed by atoms with van der Waals surface area (Å²) in [5, 5.41) is 25.1. The molecule has 0 aliphatic rings. The molecule has 31 heavy (non-hydrogen) atoms. The summed E-state index contributed by atoms with van der Waals surface area (Å²) in [6.45, 7) is 1.39. The van der Waals surface area contributed by atoms with Gasteiger partial charge in [-0.2, -0.15) is 12.6 Å². The van der Waals surface area contributed by atoms with E-state index in [0.29, 0.717) is 5.69 Å². The minimum absolute atomic E-state index is 0.0661. The van der Waals surface area contributed by atoms with E-state index >= 15 is 0 Å². The molecule has 172 valence electrons. The lowest BCUT2D eigenvalue weighted by molar-refractivity contribution is -0.141. The lowest BCUT2D eigenvalue weighted by Crippen LogP contribution is -2.57. The first-order valence-corrected chi connectivity index (χ1v) is 9.87. The Labute approximate surface area is 183 Å². The SMILES string of the molecule is CC(N)C(=O)NC(CCC(=O)O)C(=O)NC(Cc1cnc[nH]1)C(=O)NC(CS)C(=O)O. The van der Waals surface area contributed by atoms with Crippen LogP contribution < -0.4 is 21.7 Å². The van der Waals surface area contributed by atoms with E-state index in [-0.39, 0.29) is 18.6 Å². The zero-order valence-electron chi connectivity index (χ0n) is 16.7. The second kappa shape index (κ2) is 12.5. The molecule has 14 heteroatoms. The van der Waals surface area contributed by atoms with Gasteiger partial charge in [0.05, 0.1) is 12.4 Å². The van der Waals surface area contributed by atoms with Crippen LogP contribution in [-0.2, 0) is 30.4 Å². The zero-order chi connectivity index (χ0) is 23.6. The van der Waals surface area contributed by atoms with Gasteiger partial charge in [0.1, 0.15) is 18.1 Å². The number of nitrogens with two attached hydrogens (primary N) is 1. The number of aromatic amines is 1. The van der Waals surface area contributed by atoms with Crippen molar-refractivity contribution in [1.82, 2.24) is 25.9 Å². The van der Waals surface area contributed by atoms with Crippen molar-refractivity contribution < 1.29 is 34.2 Å². The average Bonchev–Trinajstić information content (AvgIpc) is 3.20. The summed E-state index contributed by atoms with van der Waals surface area (Å²) in [6.07, 6.45) is 2.04. The van der Waals surface area contributed by atoms with Crippen molar-refractivity contribution in [3.05, 3.63) is 18.2 Å². The third-order valence-electron chi connectivity index (χ3n) is 4.10. The van der Waals surface area contributed by atoms with Crippen molar-refractivity contribution in [1.29, 1.82) is 0 Å². The molecule has 1 heterocycles. The number of aromatic nitrogens is 2. The van der Waals surface area contributed by atoms with Crippen LogP contribution in [0.25, 0.3) is 0 Å². The highest BCUT2D eigenvalue weighted by Gasteiger charge is 2.30. The molecule has 0 saturated carbocycles. The predicted molar refractivity (Wildman–Crippen MR) is 110 cm³/mol. The van der Waals surface area contributed by atoms with Crippen molar-refractivity contribution in [2.24, 2.45) is 5.73 Å². The van der Waals surface area contributed by atoms with Crippen LogP contribution in [0.4, 0.5) is 0 Å². The van der Waals surface area contributed by atoms with Gasteiger partial charge < -0.3 is 36.9 Å². The van der Waals surface area contributed by atoms with Gasteiger partial charge >= 0.3 is 11.9 Å². The minimum Gasteiger partial charge on any atom is -0.481 e. The van der Waals surface area contributed by atoms with Crippen LogP contribution in [0.3, 0.4) is 0 Å². The van der Waals surface area contributed by atoms with Crippen molar-refractivity contribution >= 4 is 42.3 Å². The number of imidazole rings is 1. The Morgan fingerprint density at radius 3 is 2.13 bits per heavy atom. The Balaban J connectivity index is 3.01. The number of hydrogen-bond donors (Lipinski definition) is 8. The van der Waals surface area contributed by atoms with Gasteiger partial charge in [-0.05, 0) is 13.3 Å². The third kappa shape index (κ3) is 9.04. The summed E-state index contributed by atoms with van der Waals surface area (Å²) >= 11 is 3.88. The van der Waals surface area contributed by atoms with E-state index in [0.717, 1.165) is 0 Å². The molecule has 0 aliphatic carbocycles. The molecule has 4 unspecified atom stereocenters. The molecule has 1 rings (SSSR count). The van der Waals surface area contributed by atoms with E-state index in [1.165, 1.54) is 19.4 Å². The molecular formula is C17H26N6O7S. The molecule has 0 aromatic carbocycles. The largest absolute Gasteiger partial charge is 0.481 e. The molecule has 3 amide bonds. The van der Waals surface area contributed by atoms with Gasteiger partial charge in [0, 0.05) is 30.5 Å². The summed E-state index contributed by atoms with van der Waals surface area (Å²) in [5.41, 5.74) is 5.95. The number of carboxylic acids is 2. The van der Waals surface area contributed by atoms with Crippen molar-refractivity contribution in [2.45, 2.75) is 50.4 Å². The number of nitrogens with one attached hydrogen (secondary N) is 4. The van der Waals surface area contributed by atoms with Gasteiger partial charge in [-0.1, -0.05) is 0 Å². The standard InChI is InChI=1S/C17H26N6O7S/c1-8(18)14(26)21-10(2-3-13(24)25)15(27)22-11(4-9-5-19-7-20-9)16(28)23-12(6-31)17(29)30/h5,7-8,10-12,31H,2-4,6,18H2,1H3,(H,19,20)(H,21,26)(H,22,27)(H,23,28)(H,24,25)(H,29,30). The number of nitrogens with zero attached hydrogens (tertiary/aromatic N) is 1. The fourth-order valence-corrected chi connectivity index (χ4v) is 2.64. The Hall–Kier alpha value is -3.13. The number of H-pyrrole nitrogens is 1. The summed E-state index contributed by atoms with van der Waals surface area (Å²) in [7, 11) is 0. The fraction of sp³-hybridized carbons (Fsp3) is 0.529. The maximum absolute atomic E-state index is 12.7. The van der Waals surface area contributed by atoms with Crippen molar-refractivity contribution in [3.63, 3.8) is 0 Å². The van der Waals surface area contributed by atoms with Gasteiger partial charge in [0.2, 0.25) is 17.7 Å². The number of amides is 3. The van der Waals surface area contributed by atoms with Crippen LogP contribution in [0.5, 0.6) is 0 Å². The first-order valence-electron chi connectivity index (χ1n) is 9.24. The lowest BCUT2D eigenvalue weighted by atomic mass is 10.1. The molecule has 8 N–H and O–H groups in total. The third-order valence-corrected chi connectivity index (χ3v) is 4.47. The molecule has 13 nitrogen and oxygen atoms in total. The number of aliphatic carboxylic acids is 2. The number of carboxylic acid groups (broad SMARTS) is 2. The van der Waals surface area contributed by atoms with Gasteiger partial charge in [-0.3, -0.25) is 19.2 Å². The van der Waals surface area contributed by atoms with E-state index < -0.39 is 60.2 Å². The number of rotatable bonds is 13.